The number of nitrogens with one attached hydrogen (secondary N) is 2. The molecule has 138 valence electrons. The van der Waals surface area contributed by atoms with E-state index in [1.54, 1.807) is 12.1 Å². The highest BCUT2D eigenvalue weighted by Gasteiger charge is 2.39. The lowest BCUT2D eigenvalue weighted by molar-refractivity contribution is 0.0910. The molecule has 4 rings (SSSR count). The van der Waals surface area contributed by atoms with Gasteiger partial charge in [-0.1, -0.05) is 44.2 Å². The van der Waals surface area contributed by atoms with Crippen LogP contribution < -0.4 is 10.6 Å². The Balaban J connectivity index is 1.46. The largest absolute Gasteiger partial charge is 0.300 e. The van der Waals surface area contributed by atoms with Gasteiger partial charge in [0.05, 0.1) is 6.17 Å². The summed E-state index contributed by atoms with van der Waals surface area (Å²) in [5, 5.41) is 7.60. The molecule has 1 atom stereocenters. The zero-order valence-electron chi connectivity index (χ0n) is 15.3. The molecule has 0 spiro atoms. The van der Waals surface area contributed by atoms with Gasteiger partial charge in [0, 0.05) is 31.2 Å². The third-order valence-corrected chi connectivity index (χ3v) is 6.58. The van der Waals surface area contributed by atoms with E-state index in [9.17, 15) is 4.39 Å². The summed E-state index contributed by atoms with van der Waals surface area (Å²) in [6.07, 6.45) is 11.9. The van der Waals surface area contributed by atoms with E-state index in [4.69, 9.17) is 0 Å². The van der Waals surface area contributed by atoms with Gasteiger partial charge in [0.1, 0.15) is 5.82 Å². The maximum absolute atomic E-state index is 13.8. The maximum atomic E-state index is 13.8. The van der Waals surface area contributed by atoms with Crippen LogP contribution in [0.15, 0.2) is 24.3 Å². The van der Waals surface area contributed by atoms with Gasteiger partial charge in [-0.05, 0) is 43.4 Å². The van der Waals surface area contributed by atoms with Crippen LogP contribution in [-0.2, 0) is 5.54 Å². The molecule has 1 saturated heterocycles. The topological polar surface area (TPSA) is 27.3 Å². The van der Waals surface area contributed by atoms with Crippen LogP contribution in [0, 0.1) is 5.82 Å². The van der Waals surface area contributed by atoms with Crippen molar-refractivity contribution < 1.29 is 4.39 Å². The van der Waals surface area contributed by atoms with E-state index >= 15 is 0 Å². The number of hydrogen-bond donors (Lipinski definition) is 2. The molecule has 0 amide bonds. The van der Waals surface area contributed by atoms with Crippen LogP contribution in [-0.4, -0.2) is 36.7 Å². The summed E-state index contributed by atoms with van der Waals surface area (Å²) in [7, 11) is 0. The van der Waals surface area contributed by atoms with Crippen LogP contribution in [0.2, 0.25) is 0 Å². The van der Waals surface area contributed by atoms with Crippen molar-refractivity contribution in [3.8, 4) is 0 Å². The van der Waals surface area contributed by atoms with E-state index in [-0.39, 0.29) is 11.4 Å². The van der Waals surface area contributed by atoms with Crippen molar-refractivity contribution >= 4 is 0 Å². The van der Waals surface area contributed by atoms with Gasteiger partial charge in [-0.15, -0.1) is 0 Å². The van der Waals surface area contributed by atoms with E-state index in [2.05, 4.69) is 21.6 Å². The number of rotatable bonds is 4. The summed E-state index contributed by atoms with van der Waals surface area (Å²) in [5.74, 6) is -0.119. The molecule has 2 saturated carbocycles. The monoisotopic (exact) mass is 345 g/mol. The molecule has 3 aliphatic rings. The Morgan fingerprint density at radius 1 is 1.08 bits per heavy atom. The number of benzene rings is 1. The Labute approximate surface area is 151 Å². The first-order chi connectivity index (χ1) is 12.3. The van der Waals surface area contributed by atoms with Crippen molar-refractivity contribution in [1.29, 1.82) is 0 Å². The molecule has 0 bridgehead atoms. The average Bonchev–Trinajstić information content (AvgIpc) is 3.12. The van der Waals surface area contributed by atoms with Crippen molar-refractivity contribution in [3.05, 3.63) is 35.6 Å². The molecular formula is C21H32FN3. The average molecular weight is 346 g/mol. The summed E-state index contributed by atoms with van der Waals surface area (Å²) in [5.41, 5.74) is 1.07. The number of piperazine rings is 1. The van der Waals surface area contributed by atoms with Crippen LogP contribution >= 0.6 is 0 Å². The first-order valence-electron chi connectivity index (χ1n) is 10.3. The van der Waals surface area contributed by atoms with E-state index in [0.717, 1.165) is 44.1 Å². The highest BCUT2D eigenvalue weighted by Crippen LogP contribution is 2.39. The molecule has 3 nitrogen and oxygen atoms in total. The zero-order chi connectivity index (χ0) is 17.1. The van der Waals surface area contributed by atoms with Gasteiger partial charge >= 0.3 is 0 Å². The third-order valence-electron chi connectivity index (χ3n) is 6.58. The summed E-state index contributed by atoms with van der Waals surface area (Å²) < 4.78 is 13.8. The van der Waals surface area contributed by atoms with E-state index in [1.165, 1.54) is 44.9 Å². The molecule has 1 unspecified atom stereocenters. The molecule has 25 heavy (non-hydrogen) atoms. The predicted octanol–water partition coefficient (Wildman–Crippen LogP) is 3.75. The van der Waals surface area contributed by atoms with Gasteiger partial charge in [-0.3, -0.25) is 15.5 Å². The lowest BCUT2D eigenvalue weighted by atomic mass is 9.87. The second-order valence-electron chi connectivity index (χ2n) is 8.24. The Bertz CT molecular complexity index is 564. The van der Waals surface area contributed by atoms with Gasteiger partial charge in [0.25, 0.3) is 0 Å². The first-order valence-corrected chi connectivity index (χ1v) is 10.3. The van der Waals surface area contributed by atoms with Crippen molar-refractivity contribution in [1.82, 2.24) is 15.5 Å². The summed E-state index contributed by atoms with van der Waals surface area (Å²) >= 11 is 0. The Kier molecular flexibility index (Phi) is 5.39. The number of hydrogen-bond acceptors (Lipinski definition) is 3. The third kappa shape index (κ3) is 3.91. The number of halogens is 1. The summed E-state index contributed by atoms with van der Waals surface area (Å²) in [6, 6.07) is 8.02. The fourth-order valence-electron chi connectivity index (χ4n) is 5.26. The molecule has 3 fully saturated rings. The highest BCUT2D eigenvalue weighted by molar-refractivity contribution is 5.27. The molecule has 0 aromatic heterocycles. The van der Waals surface area contributed by atoms with Crippen molar-refractivity contribution in [2.45, 2.75) is 75.5 Å². The molecule has 1 aromatic carbocycles. The van der Waals surface area contributed by atoms with Crippen LogP contribution in [0.25, 0.3) is 0 Å². The van der Waals surface area contributed by atoms with E-state index in [1.807, 2.05) is 6.07 Å². The van der Waals surface area contributed by atoms with E-state index in [0.29, 0.717) is 6.17 Å². The molecular weight excluding hydrogens is 313 g/mol. The standard InChI is InChI=1S/C21H32FN3/c22-18-8-6-7-17(15-18)21(11-4-5-12-21)24-20-16-25(14-13-23-20)19-9-2-1-3-10-19/h6-8,15,19-20,23-24H,1-5,9-14,16H2. The van der Waals surface area contributed by atoms with Gasteiger partial charge in [0.15, 0.2) is 0 Å². The van der Waals surface area contributed by atoms with Crippen LogP contribution in [0.1, 0.15) is 63.4 Å². The Morgan fingerprint density at radius 2 is 1.88 bits per heavy atom. The minimum atomic E-state index is -0.119. The Morgan fingerprint density at radius 3 is 2.64 bits per heavy atom. The van der Waals surface area contributed by atoms with Gasteiger partial charge in [-0.2, -0.15) is 0 Å². The highest BCUT2D eigenvalue weighted by atomic mass is 19.1. The fraction of sp³-hybridized carbons (Fsp3) is 0.714. The van der Waals surface area contributed by atoms with Crippen LogP contribution in [0.5, 0.6) is 0 Å². The minimum Gasteiger partial charge on any atom is -0.300 e. The second kappa shape index (κ2) is 7.73. The van der Waals surface area contributed by atoms with Gasteiger partial charge in [-0.25, -0.2) is 4.39 Å². The fourth-order valence-corrected chi connectivity index (χ4v) is 5.26. The minimum absolute atomic E-state index is 0.0602. The molecule has 2 aliphatic carbocycles. The van der Waals surface area contributed by atoms with Crippen molar-refractivity contribution in [3.63, 3.8) is 0 Å². The normalized spacial score (nSPS) is 28.3. The van der Waals surface area contributed by atoms with E-state index < -0.39 is 0 Å². The molecule has 4 heteroatoms. The van der Waals surface area contributed by atoms with Crippen LogP contribution in [0.3, 0.4) is 0 Å². The van der Waals surface area contributed by atoms with Crippen molar-refractivity contribution in [2.24, 2.45) is 0 Å². The lowest BCUT2D eigenvalue weighted by Gasteiger charge is -2.44. The molecule has 1 heterocycles. The first kappa shape index (κ1) is 17.4. The summed E-state index contributed by atoms with van der Waals surface area (Å²) in [4.78, 5) is 2.70. The Hall–Kier alpha value is -0.970. The maximum Gasteiger partial charge on any atom is 0.123 e. The summed E-state index contributed by atoms with van der Waals surface area (Å²) in [6.45, 7) is 3.28. The molecule has 1 aromatic rings. The predicted molar refractivity (Wildman–Crippen MR) is 99.9 cm³/mol. The molecule has 0 radical (unpaired) electrons. The smallest absolute Gasteiger partial charge is 0.123 e. The SMILES string of the molecule is Fc1cccc(C2(NC3CN(C4CCCCC4)CCN3)CCCC2)c1. The van der Waals surface area contributed by atoms with Crippen molar-refractivity contribution in [2.75, 3.05) is 19.6 Å². The lowest BCUT2D eigenvalue weighted by Crippen LogP contribution is -2.63. The second-order valence-corrected chi connectivity index (χ2v) is 8.24. The number of nitrogens with zero attached hydrogens (tertiary/aromatic N) is 1. The molecule has 1 aliphatic heterocycles. The van der Waals surface area contributed by atoms with Crippen LogP contribution in [0.4, 0.5) is 4.39 Å². The zero-order valence-corrected chi connectivity index (χ0v) is 15.3. The molecule has 2 N–H and O–H groups in total. The van der Waals surface area contributed by atoms with Gasteiger partial charge in [0.2, 0.25) is 0 Å². The quantitative estimate of drug-likeness (QED) is 0.870. The van der Waals surface area contributed by atoms with Gasteiger partial charge < -0.3 is 0 Å².